The van der Waals surface area contributed by atoms with Crippen molar-refractivity contribution in [3.05, 3.63) is 27.9 Å². The van der Waals surface area contributed by atoms with Crippen molar-refractivity contribution in [1.82, 2.24) is 9.55 Å². The third-order valence-electron chi connectivity index (χ3n) is 2.32. The van der Waals surface area contributed by atoms with E-state index in [0.29, 0.717) is 24.5 Å². The smallest absolute Gasteiger partial charge is 0.253 e. The number of fused-ring (bicyclic) bond motifs is 1. The molecule has 0 bridgehead atoms. The van der Waals surface area contributed by atoms with E-state index in [-0.39, 0.29) is 5.56 Å². The van der Waals surface area contributed by atoms with E-state index >= 15 is 0 Å². The highest BCUT2D eigenvalue weighted by Crippen LogP contribution is 2.20. The molecular weight excluding hydrogens is 168 g/mol. The Morgan fingerprint density at radius 1 is 1.69 bits per heavy atom. The molecule has 4 heteroatoms. The summed E-state index contributed by atoms with van der Waals surface area (Å²) in [5, 5.41) is 9.59. The fourth-order valence-electron chi connectivity index (χ4n) is 1.69. The highest BCUT2D eigenvalue weighted by atomic mass is 16.3. The molecule has 2 heterocycles. The van der Waals surface area contributed by atoms with Gasteiger partial charge in [-0.2, -0.15) is 0 Å². The summed E-state index contributed by atoms with van der Waals surface area (Å²) in [4.78, 5) is 15.6. The van der Waals surface area contributed by atoms with Crippen LogP contribution >= 0.6 is 0 Å². The number of aliphatic hydroxyl groups is 1. The van der Waals surface area contributed by atoms with Gasteiger partial charge in [0.2, 0.25) is 0 Å². The highest BCUT2D eigenvalue weighted by Gasteiger charge is 2.19. The molecule has 1 unspecified atom stereocenters. The van der Waals surface area contributed by atoms with E-state index in [4.69, 9.17) is 0 Å². The molecule has 0 amide bonds. The molecule has 70 valence electrons. The third kappa shape index (κ3) is 1.37. The van der Waals surface area contributed by atoms with Crippen LogP contribution in [0.3, 0.4) is 0 Å². The van der Waals surface area contributed by atoms with Gasteiger partial charge in [-0.3, -0.25) is 9.36 Å². The van der Waals surface area contributed by atoms with E-state index < -0.39 is 6.10 Å². The van der Waals surface area contributed by atoms with E-state index in [9.17, 15) is 9.90 Å². The van der Waals surface area contributed by atoms with E-state index in [0.717, 1.165) is 6.42 Å². The zero-order valence-electron chi connectivity index (χ0n) is 7.53. The SMILES string of the molecule is Cc1cc(=O)n2c(n1)C(O)CCC2. The molecule has 1 aliphatic heterocycles. The van der Waals surface area contributed by atoms with Crippen molar-refractivity contribution < 1.29 is 5.11 Å². The minimum atomic E-state index is -0.568. The Morgan fingerprint density at radius 3 is 3.23 bits per heavy atom. The van der Waals surface area contributed by atoms with Gasteiger partial charge in [0.05, 0.1) is 0 Å². The lowest BCUT2D eigenvalue weighted by Gasteiger charge is -2.21. The zero-order chi connectivity index (χ0) is 9.42. The lowest BCUT2D eigenvalue weighted by Crippen LogP contribution is -2.30. The van der Waals surface area contributed by atoms with E-state index in [1.165, 1.54) is 6.07 Å². The molecule has 0 spiro atoms. The van der Waals surface area contributed by atoms with Gasteiger partial charge in [0.1, 0.15) is 11.9 Å². The molecule has 0 saturated carbocycles. The largest absolute Gasteiger partial charge is 0.385 e. The van der Waals surface area contributed by atoms with Gasteiger partial charge in [0.25, 0.3) is 5.56 Å². The summed E-state index contributed by atoms with van der Waals surface area (Å²) in [6.07, 6.45) is 0.982. The van der Waals surface area contributed by atoms with Crippen LogP contribution in [0.5, 0.6) is 0 Å². The normalized spacial score (nSPS) is 21.2. The molecule has 1 N–H and O–H groups in total. The Hall–Kier alpha value is -1.16. The predicted molar refractivity (Wildman–Crippen MR) is 47.4 cm³/mol. The Morgan fingerprint density at radius 2 is 2.46 bits per heavy atom. The fourth-order valence-corrected chi connectivity index (χ4v) is 1.69. The average molecular weight is 180 g/mol. The second-order valence-electron chi connectivity index (χ2n) is 3.40. The third-order valence-corrected chi connectivity index (χ3v) is 2.32. The van der Waals surface area contributed by atoms with Crippen molar-refractivity contribution in [3.63, 3.8) is 0 Å². The summed E-state index contributed by atoms with van der Waals surface area (Å²) in [6.45, 7) is 2.45. The molecule has 0 fully saturated rings. The molecule has 4 nitrogen and oxygen atoms in total. The Bertz CT molecular complexity index is 384. The van der Waals surface area contributed by atoms with E-state index in [1.807, 2.05) is 0 Å². The lowest BCUT2D eigenvalue weighted by molar-refractivity contribution is 0.130. The number of aryl methyl sites for hydroxylation is 1. The van der Waals surface area contributed by atoms with Crippen molar-refractivity contribution in [2.75, 3.05) is 0 Å². The van der Waals surface area contributed by atoms with Crippen LogP contribution in [0.2, 0.25) is 0 Å². The first kappa shape index (κ1) is 8.44. The van der Waals surface area contributed by atoms with Crippen molar-refractivity contribution in [2.45, 2.75) is 32.4 Å². The second-order valence-corrected chi connectivity index (χ2v) is 3.40. The van der Waals surface area contributed by atoms with Gasteiger partial charge in [-0.15, -0.1) is 0 Å². The Kier molecular flexibility index (Phi) is 1.92. The van der Waals surface area contributed by atoms with Gasteiger partial charge in [-0.05, 0) is 19.8 Å². The fraction of sp³-hybridized carbons (Fsp3) is 0.556. The van der Waals surface area contributed by atoms with E-state index in [1.54, 1.807) is 11.5 Å². The molecule has 2 rings (SSSR count). The van der Waals surface area contributed by atoms with Gasteiger partial charge in [-0.25, -0.2) is 4.98 Å². The van der Waals surface area contributed by atoms with Crippen LogP contribution in [-0.2, 0) is 6.54 Å². The van der Waals surface area contributed by atoms with Crippen LogP contribution in [-0.4, -0.2) is 14.7 Å². The minimum Gasteiger partial charge on any atom is -0.385 e. The maximum atomic E-state index is 11.4. The first-order valence-electron chi connectivity index (χ1n) is 4.45. The first-order chi connectivity index (χ1) is 6.18. The van der Waals surface area contributed by atoms with Gasteiger partial charge in [-0.1, -0.05) is 0 Å². The van der Waals surface area contributed by atoms with E-state index in [2.05, 4.69) is 4.98 Å². The molecule has 0 aromatic carbocycles. The maximum absolute atomic E-state index is 11.4. The molecule has 1 aromatic rings. The standard InChI is InChI=1S/C9H12N2O2/c1-6-5-8(13)11-4-2-3-7(12)9(11)10-6/h5,7,12H,2-4H2,1H3. The van der Waals surface area contributed by atoms with Crippen molar-refractivity contribution in [3.8, 4) is 0 Å². The molecule has 13 heavy (non-hydrogen) atoms. The van der Waals surface area contributed by atoms with Crippen LogP contribution in [0.4, 0.5) is 0 Å². The number of aliphatic hydroxyl groups excluding tert-OH is 1. The number of hydrogen-bond acceptors (Lipinski definition) is 3. The predicted octanol–water partition coefficient (Wildman–Crippen LogP) is 0.379. The van der Waals surface area contributed by atoms with Crippen molar-refractivity contribution >= 4 is 0 Å². The molecule has 1 aromatic heterocycles. The van der Waals surface area contributed by atoms with Crippen LogP contribution < -0.4 is 5.56 Å². The minimum absolute atomic E-state index is 0.0544. The van der Waals surface area contributed by atoms with Crippen molar-refractivity contribution in [1.29, 1.82) is 0 Å². The molecule has 0 aliphatic carbocycles. The Balaban J connectivity index is 2.63. The summed E-state index contributed by atoms with van der Waals surface area (Å²) >= 11 is 0. The van der Waals surface area contributed by atoms with Gasteiger partial charge in [0.15, 0.2) is 0 Å². The van der Waals surface area contributed by atoms with Crippen molar-refractivity contribution in [2.24, 2.45) is 0 Å². The summed E-state index contributed by atoms with van der Waals surface area (Å²) in [5.41, 5.74) is 0.624. The van der Waals surface area contributed by atoms with Crippen LogP contribution in [0, 0.1) is 6.92 Å². The van der Waals surface area contributed by atoms with Crippen LogP contribution in [0.15, 0.2) is 10.9 Å². The van der Waals surface area contributed by atoms with Gasteiger partial charge < -0.3 is 5.11 Å². The molecular formula is C9H12N2O2. The number of rotatable bonds is 0. The van der Waals surface area contributed by atoms with Gasteiger partial charge >= 0.3 is 0 Å². The van der Waals surface area contributed by atoms with Crippen LogP contribution in [0.1, 0.15) is 30.5 Å². The average Bonchev–Trinajstić information content (AvgIpc) is 2.07. The monoisotopic (exact) mass is 180 g/mol. The molecule has 0 radical (unpaired) electrons. The topological polar surface area (TPSA) is 55.1 Å². The van der Waals surface area contributed by atoms with Crippen LogP contribution in [0.25, 0.3) is 0 Å². The molecule has 1 aliphatic rings. The zero-order valence-corrected chi connectivity index (χ0v) is 7.53. The maximum Gasteiger partial charge on any atom is 0.253 e. The summed E-state index contributed by atoms with van der Waals surface area (Å²) < 4.78 is 1.56. The molecule has 1 atom stereocenters. The Labute approximate surface area is 75.9 Å². The summed E-state index contributed by atoms with van der Waals surface area (Å²) in [6, 6.07) is 1.50. The van der Waals surface area contributed by atoms with Gasteiger partial charge in [0, 0.05) is 18.3 Å². The first-order valence-corrected chi connectivity index (χ1v) is 4.45. The quantitative estimate of drug-likeness (QED) is 0.628. The summed E-state index contributed by atoms with van der Waals surface area (Å²) in [7, 11) is 0. The number of aromatic nitrogens is 2. The summed E-state index contributed by atoms with van der Waals surface area (Å²) in [5.74, 6) is 0.524. The molecule has 0 saturated heterocycles. The second kappa shape index (κ2) is 2.96. The highest BCUT2D eigenvalue weighted by molar-refractivity contribution is 5.06. The number of hydrogen-bond donors (Lipinski definition) is 1. The lowest BCUT2D eigenvalue weighted by atomic mass is 10.1. The number of nitrogens with zero attached hydrogens (tertiary/aromatic N) is 2.